The van der Waals surface area contributed by atoms with Gasteiger partial charge in [0.1, 0.15) is 0 Å². The lowest BCUT2D eigenvalue weighted by Gasteiger charge is -2.23. The zero-order valence-electron chi connectivity index (χ0n) is 23.2. The van der Waals surface area contributed by atoms with Crippen LogP contribution in [0.1, 0.15) is 143 Å². The van der Waals surface area contributed by atoms with Crippen LogP contribution in [0.25, 0.3) is 0 Å². The van der Waals surface area contributed by atoms with Crippen molar-refractivity contribution in [1.82, 2.24) is 0 Å². The van der Waals surface area contributed by atoms with Gasteiger partial charge in [0, 0.05) is 18.8 Å². The van der Waals surface area contributed by atoms with E-state index < -0.39 is 17.7 Å². The molecule has 3 atom stereocenters. The Hall–Kier alpha value is -1.14. The molecule has 3 unspecified atom stereocenters. The van der Waals surface area contributed by atoms with Crippen molar-refractivity contribution in [1.29, 1.82) is 0 Å². The third kappa shape index (κ3) is 23.0. The summed E-state index contributed by atoms with van der Waals surface area (Å²) in [4.78, 5) is 23.0. The Morgan fingerprint density at radius 1 is 0.829 bits per heavy atom. The summed E-state index contributed by atoms with van der Waals surface area (Å²) in [7, 11) is 0. The fraction of sp³-hybridized carbons (Fsp3) is 0.931. The van der Waals surface area contributed by atoms with E-state index in [9.17, 15) is 19.8 Å². The molecule has 0 aromatic rings. The summed E-state index contributed by atoms with van der Waals surface area (Å²) in [6.07, 6.45) is 15.9. The van der Waals surface area contributed by atoms with Crippen molar-refractivity contribution in [2.24, 2.45) is 11.8 Å². The highest BCUT2D eigenvalue weighted by atomic mass is 16.5. The SMILES string of the molecule is CCCCCCCCC(O)C(CCCCCCCC(=O)O)COC(=O)CC(C)CCCC(C)(C)O. The van der Waals surface area contributed by atoms with E-state index >= 15 is 0 Å². The van der Waals surface area contributed by atoms with Gasteiger partial charge < -0.3 is 20.1 Å². The zero-order chi connectivity index (χ0) is 26.5. The third-order valence-electron chi connectivity index (χ3n) is 6.82. The predicted molar refractivity (Wildman–Crippen MR) is 142 cm³/mol. The van der Waals surface area contributed by atoms with Crippen molar-refractivity contribution in [3.63, 3.8) is 0 Å². The van der Waals surface area contributed by atoms with E-state index in [2.05, 4.69) is 6.92 Å². The summed E-state index contributed by atoms with van der Waals surface area (Å²) in [6, 6.07) is 0. The van der Waals surface area contributed by atoms with Gasteiger partial charge in [-0.3, -0.25) is 9.59 Å². The van der Waals surface area contributed by atoms with Crippen LogP contribution in [0.2, 0.25) is 0 Å². The number of hydrogen-bond donors (Lipinski definition) is 3. The van der Waals surface area contributed by atoms with Gasteiger partial charge in [-0.05, 0) is 45.4 Å². The molecule has 3 N–H and O–H groups in total. The van der Waals surface area contributed by atoms with Gasteiger partial charge in [0.2, 0.25) is 0 Å². The maximum absolute atomic E-state index is 12.4. The molecular weight excluding hydrogens is 444 g/mol. The van der Waals surface area contributed by atoms with E-state index in [1.54, 1.807) is 13.8 Å². The van der Waals surface area contributed by atoms with Gasteiger partial charge in [-0.25, -0.2) is 0 Å². The van der Waals surface area contributed by atoms with Crippen LogP contribution in [-0.2, 0) is 14.3 Å². The van der Waals surface area contributed by atoms with Crippen LogP contribution in [0.3, 0.4) is 0 Å². The monoisotopic (exact) mass is 500 g/mol. The Kier molecular flexibility index (Phi) is 20.3. The molecule has 0 heterocycles. The molecule has 0 bridgehead atoms. The highest BCUT2D eigenvalue weighted by Gasteiger charge is 2.22. The van der Waals surface area contributed by atoms with Crippen LogP contribution in [0.15, 0.2) is 0 Å². The first-order chi connectivity index (χ1) is 16.5. The molecule has 0 amide bonds. The molecule has 0 spiro atoms. The molecule has 0 aromatic heterocycles. The number of carbonyl (C=O) groups is 2. The van der Waals surface area contributed by atoms with Crippen LogP contribution in [0.5, 0.6) is 0 Å². The van der Waals surface area contributed by atoms with E-state index in [1.165, 1.54) is 25.7 Å². The Bertz CT molecular complexity index is 528. The molecule has 0 aliphatic heterocycles. The number of carboxylic acid groups (broad SMARTS) is 1. The highest BCUT2D eigenvalue weighted by molar-refractivity contribution is 5.69. The van der Waals surface area contributed by atoms with Crippen LogP contribution in [0.4, 0.5) is 0 Å². The molecular formula is C29H56O6. The summed E-state index contributed by atoms with van der Waals surface area (Å²) in [5.41, 5.74) is -0.671. The Labute approximate surface area is 215 Å². The molecule has 0 saturated carbocycles. The Morgan fingerprint density at radius 2 is 1.40 bits per heavy atom. The van der Waals surface area contributed by atoms with Crippen molar-refractivity contribution in [2.45, 2.75) is 155 Å². The average Bonchev–Trinajstić information content (AvgIpc) is 2.76. The summed E-state index contributed by atoms with van der Waals surface area (Å²) in [6.45, 7) is 8.13. The second-order valence-electron chi connectivity index (χ2n) is 11.3. The number of ether oxygens (including phenoxy) is 1. The molecule has 208 valence electrons. The van der Waals surface area contributed by atoms with Gasteiger partial charge in [-0.15, -0.1) is 0 Å². The molecule has 6 nitrogen and oxygen atoms in total. The third-order valence-corrected chi connectivity index (χ3v) is 6.82. The van der Waals surface area contributed by atoms with Crippen LogP contribution >= 0.6 is 0 Å². The topological polar surface area (TPSA) is 104 Å². The normalized spacial score (nSPS) is 14.5. The molecule has 0 radical (unpaired) electrons. The quantitative estimate of drug-likeness (QED) is 0.0970. The number of aliphatic hydroxyl groups excluding tert-OH is 1. The van der Waals surface area contributed by atoms with E-state index in [4.69, 9.17) is 9.84 Å². The molecule has 0 rings (SSSR count). The first-order valence-electron chi connectivity index (χ1n) is 14.3. The lowest BCUT2D eigenvalue weighted by atomic mass is 9.92. The molecule has 0 aliphatic rings. The fourth-order valence-electron chi connectivity index (χ4n) is 4.50. The van der Waals surface area contributed by atoms with Crippen LogP contribution in [-0.4, -0.2) is 45.6 Å². The largest absolute Gasteiger partial charge is 0.481 e. The molecule has 0 aliphatic carbocycles. The number of rotatable bonds is 24. The summed E-state index contributed by atoms with van der Waals surface area (Å²) >= 11 is 0. The predicted octanol–water partition coefficient (Wildman–Crippen LogP) is 7.04. The summed E-state index contributed by atoms with van der Waals surface area (Å²) < 4.78 is 5.61. The van der Waals surface area contributed by atoms with Crippen LogP contribution in [0, 0.1) is 11.8 Å². The first-order valence-corrected chi connectivity index (χ1v) is 14.3. The average molecular weight is 501 g/mol. The molecule has 0 fully saturated rings. The Morgan fingerprint density at radius 3 is 2.00 bits per heavy atom. The number of carbonyl (C=O) groups excluding carboxylic acids is 1. The van der Waals surface area contributed by atoms with Gasteiger partial charge in [0.25, 0.3) is 0 Å². The van der Waals surface area contributed by atoms with Crippen LogP contribution < -0.4 is 0 Å². The van der Waals surface area contributed by atoms with Gasteiger partial charge in [0.15, 0.2) is 0 Å². The summed E-state index contributed by atoms with van der Waals surface area (Å²) in [5.74, 6) is -0.774. The summed E-state index contributed by atoms with van der Waals surface area (Å²) in [5, 5.41) is 29.4. The number of aliphatic hydroxyl groups is 2. The maximum atomic E-state index is 12.4. The van der Waals surface area contributed by atoms with Crippen molar-refractivity contribution < 1.29 is 29.6 Å². The second kappa shape index (κ2) is 21.0. The van der Waals surface area contributed by atoms with Gasteiger partial charge in [-0.1, -0.05) is 90.9 Å². The lowest BCUT2D eigenvalue weighted by Crippen LogP contribution is -2.27. The second-order valence-corrected chi connectivity index (χ2v) is 11.3. The zero-order valence-corrected chi connectivity index (χ0v) is 23.2. The molecule has 35 heavy (non-hydrogen) atoms. The number of carboxylic acids is 1. The smallest absolute Gasteiger partial charge is 0.306 e. The van der Waals surface area contributed by atoms with Crippen molar-refractivity contribution in [2.75, 3.05) is 6.61 Å². The first kappa shape index (κ1) is 33.9. The highest BCUT2D eigenvalue weighted by Crippen LogP contribution is 2.22. The number of hydrogen-bond acceptors (Lipinski definition) is 5. The molecule has 6 heteroatoms. The number of esters is 1. The van der Waals surface area contributed by atoms with E-state index in [0.29, 0.717) is 12.8 Å². The van der Waals surface area contributed by atoms with Gasteiger partial charge in [0.05, 0.1) is 18.3 Å². The van der Waals surface area contributed by atoms with Crippen molar-refractivity contribution >= 4 is 11.9 Å². The number of aliphatic carboxylic acids is 1. The van der Waals surface area contributed by atoms with E-state index in [0.717, 1.165) is 70.6 Å². The minimum atomic E-state index is -0.740. The Balaban J connectivity index is 4.42. The minimum absolute atomic E-state index is 0.0425. The minimum Gasteiger partial charge on any atom is -0.481 e. The standard InChI is InChI=1S/C29H56O6/c1-5-6-7-8-11-14-19-26(30)25(18-13-10-9-12-15-20-27(31)32)23-35-28(33)22-24(2)17-16-21-29(3,4)34/h24-26,30,34H,5-23H2,1-4H3,(H,31,32). The number of unbranched alkanes of at least 4 members (excludes halogenated alkanes) is 9. The van der Waals surface area contributed by atoms with E-state index in [1.807, 2.05) is 6.92 Å². The lowest BCUT2D eigenvalue weighted by molar-refractivity contribution is -0.147. The fourth-order valence-corrected chi connectivity index (χ4v) is 4.50. The van der Waals surface area contributed by atoms with Gasteiger partial charge >= 0.3 is 11.9 Å². The van der Waals surface area contributed by atoms with E-state index in [-0.39, 0.29) is 30.8 Å². The van der Waals surface area contributed by atoms with Crippen molar-refractivity contribution in [3.8, 4) is 0 Å². The molecule has 0 aromatic carbocycles. The van der Waals surface area contributed by atoms with Crippen molar-refractivity contribution in [3.05, 3.63) is 0 Å². The van der Waals surface area contributed by atoms with Gasteiger partial charge in [-0.2, -0.15) is 0 Å². The molecule has 0 saturated heterocycles. The maximum Gasteiger partial charge on any atom is 0.306 e.